The van der Waals surface area contributed by atoms with Gasteiger partial charge in [-0.1, -0.05) is 18.2 Å². The van der Waals surface area contributed by atoms with Crippen LogP contribution in [-0.4, -0.2) is 29.3 Å². The lowest BCUT2D eigenvalue weighted by atomic mass is 10.00. The SMILES string of the molecule is NC(=O)C1CCCCN1C(=O)Cc1ccccc1N. The molecule has 1 aliphatic heterocycles. The number of rotatable bonds is 3. The average molecular weight is 261 g/mol. The summed E-state index contributed by atoms with van der Waals surface area (Å²) >= 11 is 0. The van der Waals surface area contributed by atoms with Crippen LogP contribution in [0.3, 0.4) is 0 Å². The van der Waals surface area contributed by atoms with Crippen LogP contribution >= 0.6 is 0 Å². The van der Waals surface area contributed by atoms with Gasteiger partial charge < -0.3 is 16.4 Å². The maximum absolute atomic E-state index is 12.3. The summed E-state index contributed by atoms with van der Waals surface area (Å²) in [6, 6.07) is 6.81. The maximum atomic E-state index is 12.3. The third-order valence-electron chi connectivity index (χ3n) is 3.55. The number of nitrogen functional groups attached to an aromatic ring is 1. The third-order valence-corrected chi connectivity index (χ3v) is 3.55. The van der Waals surface area contributed by atoms with Gasteiger partial charge in [0.2, 0.25) is 11.8 Å². The highest BCUT2D eigenvalue weighted by Crippen LogP contribution is 2.19. The first-order chi connectivity index (χ1) is 9.09. The highest BCUT2D eigenvalue weighted by atomic mass is 16.2. The molecule has 1 fully saturated rings. The topological polar surface area (TPSA) is 89.4 Å². The number of nitrogens with zero attached hydrogens (tertiary/aromatic N) is 1. The van der Waals surface area contributed by atoms with Gasteiger partial charge in [-0.15, -0.1) is 0 Å². The molecule has 0 radical (unpaired) electrons. The molecule has 4 N–H and O–H groups in total. The average Bonchev–Trinajstić information content (AvgIpc) is 2.41. The maximum Gasteiger partial charge on any atom is 0.240 e. The molecular weight excluding hydrogens is 242 g/mol. The minimum atomic E-state index is -0.466. The smallest absolute Gasteiger partial charge is 0.240 e. The second-order valence-electron chi connectivity index (χ2n) is 4.88. The van der Waals surface area contributed by atoms with E-state index in [-0.39, 0.29) is 12.3 Å². The fourth-order valence-corrected chi connectivity index (χ4v) is 2.49. The Bertz CT molecular complexity index is 487. The van der Waals surface area contributed by atoms with Crippen molar-refractivity contribution in [3.8, 4) is 0 Å². The molecule has 2 rings (SSSR count). The van der Waals surface area contributed by atoms with E-state index >= 15 is 0 Å². The van der Waals surface area contributed by atoms with Crippen molar-refractivity contribution in [2.24, 2.45) is 5.73 Å². The summed E-state index contributed by atoms with van der Waals surface area (Å²) in [4.78, 5) is 25.3. The molecule has 0 saturated carbocycles. The lowest BCUT2D eigenvalue weighted by molar-refractivity contribution is -0.140. The Hall–Kier alpha value is -2.04. The lowest BCUT2D eigenvalue weighted by Gasteiger charge is -2.33. The predicted molar refractivity (Wildman–Crippen MR) is 73.1 cm³/mol. The zero-order valence-electron chi connectivity index (χ0n) is 10.8. The highest BCUT2D eigenvalue weighted by molar-refractivity contribution is 5.88. The van der Waals surface area contributed by atoms with Crippen LogP contribution in [0, 0.1) is 0 Å². The molecule has 102 valence electrons. The van der Waals surface area contributed by atoms with E-state index in [2.05, 4.69) is 0 Å². The minimum absolute atomic E-state index is 0.0820. The first kappa shape index (κ1) is 13.4. The van der Waals surface area contributed by atoms with Crippen molar-refractivity contribution >= 4 is 17.5 Å². The van der Waals surface area contributed by atoms with Crippen LogP contribution in [0.5, 0.6) is 0 Å². The van der Waals surface area contributed by atoms with Gasteiger partial charge in [-0.3, -0.25) is 9.59 Å². The number of piperidine rings is 1. The van der Waals surface area contributed by atoms with Gasteiger partial charge in [0.1, 0.15) is 6.04 Å². The standard InChI is InChI=1S/C14H19N3O2/c15-11-6-2-1-5-10(11)9-13(18)17-8-4-3-7-12(17)14(16)19/h1-2,5-6,12H,3-4,7-9,15H2,(H2,16,19). The van der Waals surface area contributed by atoms with Gasteiger partial charge >= 0.3 is 0 Å². The Kier molecular flexibility index (Phi) is 4.04. The van der Waals surface area contributed by atoms with Crippen molar-refractivity contribution in [2.75, 3.05) is 12.3 Å². The Morgan fingerprint density at radius 3 is 2.68 bits per heavy atom. The normalized spacial score (nSPS) is 19.2. The second-order valence-corrected chi connectivity index (χ2v) is 4.88. The van der Waals surface area contributed by atoms with E-state index < -0.39 is 11.9 Å². The number of para-hydroxylation sites is 1. The van der Waals surface area contributed by atoms with Crippen LogP contribution in [0.2, 0.25) is 0 Å². The highest BCUT2D eigenvalue weighted by Gasteiger charge is 2.30. The fourth-order valence-electron chi connectivity index (χ4n) is 2.49. The Balaban J connectivity index is 2.10. The van der Waals surface area contributed by atoms with Crippen molar-refractivity contribution in [3.63, 3.8) is 0 Å². The summed E-state index contributed by atoms with van der Waals surface area (Å²) in [6.45, 7) is 0.596. The largest absolute Gasteiger partial charge is 0.398 e. The van der Waals surface area contributed by atoms with Gasteiger partial charge in [0.15, 0.2) is 0 Å². The first-order valence-corrected chi connectivity index (χ1v) is 6.52. The van der Waals surface area contributed by atoms with Crippen LogP contribution < -0.4 is 11.5 Å². The molecule has 1 aliphatic rings. The number of carbonyl (C=O) groups excluding carboxylic acids is 2. The van der Waals surface area contributed by atoms with Gasteiger partial charge in [0, 0.05) is 12.2 Å². The van der Waals surface area contributed by atoms with Gasteiger partial charge in [0.05, 0.1) is 6.42 Å². The molecule has 0 bridgehead atoms. The predicted octanol–water partition coefficient (Wildman–Crippen LogP) is 0.678. The quantitative estimate of drug-likeness (QED) is 0.784. The van der Waals surface area contributed by atoms with Gasteiger partial charge in [-0.25, -0.2) is 0 Å². The monoisotopic (exact) mass is 261 g/mol. The van der Waals surface area contributed by atoms with Gasteiger partial charge in [-0.05, 0) is 30.9 Å². The number of primary amides is 1. The summed E-state index contributed by atoms with van der Waals surface area (Å²) in [5.74, 6) is -0.504. The summed E-state index contributed by atoms with van der Waals surface area (Å²) < 4.78 is 0. The molecule has 19 heavy (non-hydrogen) atoms. The molecule has 1 atom stereocenters. The van der Waals surface area contributed by atoms with Crippen molar-refractivity contribution in [1.82, 2.24) is 4.90 Å². The molecule has 5 heteroatoms. The molecule has 0 aromatic heterocycles. The van der Waals surface area contributed by atoms with E-state index in [1.807, 2.05) is 18.2 Å². The van der Waals surface area contributed by atoms with E-state index in [9.17, 15) is 9.59 Å². The van der Waals surface area contributed by atoms with E-state index in [1.54, 1.807) is 11.0 Å². The molecule has 1 aromatic rings. The second kappa shape index (κ2) is 5.73. The molecule has 0 spiro atoms. The number of hydrogen-bond donors (Lipinski definition) is 2. The van der Waals surface area contributed by atoms with Gasteiger partial charge in [-0.2, -0.15) is 0 Å². The lowest BCUT2D eigenvalue weighted by Crippen LogP contribution is -2.51. The molecule has 1 saturated heterocycles. The number of nitrogens with two attached hydrogens (primary N) is 2. The van der Waals surface area contributed by atoms with Crippen molar-refractivity contribution < 1.29 is 9.59 Å². The van der Waals surface area contributed by atoms with Crippen LogP contribution in [-0.2, 0) is 16.0 Å². The summed E-state index contributed by atoms with van der Waals surface area (Å²) in [7, 11) is 0. The van der Waals surface area contributed by atoms with Gasteiger partial charge in [0.25, 0.3) is 0 Å². The Morgan fingerprint density at radius 1 is 1.26 bits per heavy atom. The fraction of sp³-hybridized carbons (Fsp3) is 0.429. The summed E-state index contributed by atoms with van der Waals surface area (Å²) in [6.07, 6.45) is 2.73. The minimum Gasteiger partial charge on any atom is -0.398 e. The third kappa shape index (κ3) is 3.05. The van der Waals surface area contributed by atoms with Crippen LogP contribution in [0.15, 0.2) is 24.3 Å². The molecule has 1 unspecified atom stereocenters. The molecule has 1 aromatic carbocycles. The summed E-state index contributed by atoms with van der Waals surface area (Å²) in [5, 5.41) is 0. The number of hydrogen-bond acceptors (Lipinski definition) is 3. The molecule has 2 amide bonds. The van der Waals surface area contributed by atoms with Crippen LogP contribution in [0.1, 0.15) is 24.8 Å². The zero-order chi connectivity index (χ0) is 13.8. The number of likely N-dealkylation sites (tertiary alicyclic amines) is 1. The van der Waals surface area contributed by atoms with E-state index in [0.29, 0.717) is 18.7 Å². The zero-order valence-corrected chi connectivity index (χ0v) is 10.8. The molecular formula is C14H19N3O2. The van der Waals surface area contributed by atoms with E-state index in [0.717, 1.165) is 18.4 Å². The summed E-state index contributed by atoms with van der Waals surface area (Å²) in [5.41, 5.74) is 12.6. The molecule has 1 heterocycles. The molecule has 0 aliphatic carbocycles. The number of carbonyl (C=O) groups is 2. The Morgan fingerprint density at radius 2 is 2.00 bits per heavy atom. The van der Waals surface area contributed by atoms with Crippen LogP contribution in [0.4, 0.5) is 5.69 Å². The van der Waals surface area contributed by atoms with E-state index in [4.69, 9.17) is 11.5 Å². The van der Waals surface area contributed by atoms with Crippen molar-refractivity contribution in [1.29, 1.82) is 0 Å². The number of benzene rings is 1. The molecule has 5 nitrogen and oxygen atoms in total. The Labute approximate surface area is 112 Å². The van der Waals surface area contributed by atoms with Crippen LogP contribution in [0.25, 0.3) is 0 Å². The van der Waals surface area contributed by atoms with Crippen molar-refractivity contribution in [2.45, 2.75) is 31.7 Å². The number of amides is 2. The number of anilines is 1. The first-order valence-electron chi connectivity index (χ1n) is 6.52. The van der Waals surface area contributed by atoms with Crippen molar-refractivity contribution in [3.05, 3.63) is 29.8 Å². The van der Waals surface area contributed by atoms with E-state index in [1.165, 1.54) is 0 Å².